The fraction of sp³-hybridized carbons (Fsp3) is 0.444. The van der Waals surface area contributed by atoms with E-state index in [2.05, 4.69) is 10.5 Å². The number of hydrogen-bond donors (Lipinski definition) is 3. The van der Waals surface area contributed by atoms with E-state index >= 15 is 0 Å². The molecule has 0 aliphatic carbocycles. The number of aromatic carboxylic acids is 1. The van der Waals surface area contributed by atoms with Crippen molar-refractivity contribution in [1.29, 1.82) is 0 Å². The normalized spacial score (nSPS) is 12.8. The second kappa shape index (κ2) is 7.89. The van der Waals surface area contributed by atoms with Gasteiger partial charge in [-0.3, -0.25) is 0 Å². The molecular formula is C18H23ClN2O4. The summed E-state index contributed by atoms with van der Waals surface area (Å²) in [6, 6.07) is 6.69. The number of nitrogens with one attached hydrogen (secondary N) is 1. The predicted octanol–water partition coefficient (Wildman–Crippen LogP) is 4.43. The van der Waals surface area contributed by atoms with Gasteiger partial charge in [0.2, 0.25) is 0 Å². The summed E-state index contributed by atoms with van der Waals surface area (Å²) in [5, 5.41) is 26.8. The smallest absolute Gasteiger partial charge is 0.343 e. The Morgan fingerprint density at radius 2 is 2.00 bits per heavy atom. The van der Waals surface area contributed by atoms with Gasteiger partial charge in [0.15, 0.2) is 17.1 Å². The van der Waals surface area contributed by atoms with Crippen LogP contribution in [0.25, 0.3) is 11.3 Å². The number of nitrogens with zero attached hydrogens (tertiary/aromatic N) is 1. The maximum absolute atomic E-state index is 11.7. The SMILES string of the molecule is CC(CCCC(C)(C)O)Nc1noc(-c2ccc(Cl)cc2)c1C(=O)O. The van der Waals surface area contributed by atoms with Crippen molar-refractivity contribution in [2.24, 2.45) is 0 Å². The zero-order chi connectivity index (χ0) is 18.6. The minimum Gasteiger partial charge on any atom is -0.477 e. The summed E-state index contributed by atoms with van der Waals surface area (Å²) in [5.41, 5.74) is -0.115. The highest BCUT2D eigenvalue weighted by Crippen LogP contribution is 2.30. The van der Waals surface area contributed by atoms with E-state index < -0.39 is 11.6 Å². The van der Waals surface area contributed by atoms with Gasteiger partial charge in [0.1, 0.15) is 0 Å². The summed E-state index contributed by atoms with van der Waals surface area (Å²) in [4.78, 5) is 11.7. The van der Waals surface area contributed by atoms with Gasteiger partial charge in [-0.05, 0) is 64.3 Å². The Balaban J connectivity index is 2.13. The van der Waals surface area contributed by atoms with Gasteiger partial charge < -0.3 is 20.1 Å². The fourth-order valence-corrected chi connectivity index (χ4v) is 2.66. The summed E-state index contributed by atoms with van der Waals surface area (Å²) >= 11 is 5.86. The summed E-state index contributed by atoms with van der Waals surface area (Å²) in [6.07, 6.45) is 2.24. The van der Waals surface area contributed by atoms with Crippen LogP contribution in [-0.4, -0.2) is 33.0 Å². The number of aliphatic hydroxyl groups is 1. The summed E-state index contributed by atoms with van der Waals surface area (Å²) in [6.45, 7) is 5.47. The van der Waals surface area contributed by atoms with Crippen LogP contribution in [0.4, 0.5) is 5.82 Å². The Bertz CT molecular complexity index is 720. The highest BCUT2D eigenvalue weighted by Gasteiger charge is 2.25. The number of halogens is 1. The molecule has 0 fully saturated rings. The van der Waals surface area contributed by atoms with Crippen LogP contribution in [0.15, 0.2) is 28.8 Å². The van der Waals surface area contributed by atoms with E-state index in [1.807, 2.05) is 6.92 Å². The molecule has 136 valence electrons. The number of carboxylic acid groups (broad SMARTS) is 1. The number of anilines is 1. The molecule has 3 N–H and O–H groups in total. The monoisotopic (exact) mass is 366 g/mol. The Morgan fingerprint density at radius 1 is 1.36 bits per heavy atom. The van der Waals surface area contributed by atoms with Crippen molar-refractivity contribution in [2.75, 3.05) is 5.32 Å². The van der Waals surface area contributed by atoms with Gasteiger partial charge in [-0.25, -0.2) is 4.79 Å². The average molecular weight is 367 g/mol. The van der Waals surface area contributed by atoms with E-state index in [4.69, 9.17) is 16.1 Å². The van der Waals surface area contributed by atoms with Crippen LogP contribution in [-0.2, 0) is 0 Å². The number of rotatable bonds is 8. The highest BCUT2D eigenvalue weighted by molar-refractivity contribution is 6.30. The van der Waals surface area contributed by atoms with Gasteiger partial charge in [-0.15, -0.1) is 0 Å². The zero-order valence-electron chi connectivity index (χ0n) is 14.5. The molecule has 0 aliphatic heterocycles. The highest BCUT2D eigenvalue weighted by atomic mass is 35.5. The van der Waals surface area contributed by atoms with Gasteiger partial charge in [-0.1, -0.05) is 16.8 Å². The third-order valence-electron chi connectivity index (χ3n) is 3.82. The molecule has 1 heterocycles. The van der Waals surface area contributed by atoms with E-state index in [0.29, 0.717) is 17.0 Å². The molecule has 7 heteroatoms. The van der Waals surface area contributed by atoms with E-state index in [9.17, 15) is 15.0 Å². The Kier molecular flexibility index (Phi) is 6.08. The lowest BCUT2D eigenvalue weighted by Gasteiger charge is -2.19. The summed E-state index contributed by atoms with van der Waals surface area (Å²) < 4.78 is 5.27. The lowest BCUT2D eigenvalue weighted by Crippen LogP contribution is -2.21. The first-order chi connectivity index (χ1) is 11.7. The number of aromatic nitrogens is 1. The lowest BCUT2D eigenvalue weighted by atomic mass is 9.99. The Morgan fingerprint density at radius 3 is 2.56 bits per heavy atom. The maximum atomic E-state index is 11.7. The zero-order valence-corrected chi connectivity index (χ0v) is 15.3. The molecule has 25 heavy (non-hydrogen) atoms. The van der Waals surface area contributed by atoms with Crippen LogP contribution < -0.4 is 5.32 Å². The van der Waals surface area contributed by atoms with Crippen molar-refractivity contribution < 1.29 is 19.5 Å². The number of carbonyl (C=O) groups is 1. The molecule has 0 spiro atoms. The standard InChI is InChI=1S/C18H23ClN2O4/c1-11(5-4-10-18(2,3)24)20-16-14(17(22)23)15(25-21-16)12-6-8-13(19)9-7-12/h6-9,11,24H,4-5,10H2,1-3H3,(H,20,21)(H,22,23). The minimum atomic E-state index is -1.11. The molecule has 6 nitrogen and oxygen atoms in total. The van der Waals surface area contributed by atoms with Crippen molar-refractivity contribution in [3.8, 4) is 11.3 Å². The van der Waals surface area contributed by atoms with Crippen LogP contribution in [0.5, 0.6) is 0 Å². The summed E-state index contributed by atoms with van der Waals surface area (Å²) in [5.74, 6) is -0.721. The van der Waals surface area contributed by atoms with E-state index in [1.165, 1.54) is 0 Å². The maximum Gasteiger partial charge on any atom is 0.343 e. The topological polar surface area (TPSA) is 95.6 Å². The molecule has 0 saturated heterocycles. The minimum absolute atomic E-state index is 0.00309. The molecule has 1 aromatic heterocycles. The second-order valence-electron chi connectivity index (χ2n) is 6.80. The summed E-state index contributed by atoms with van der Waals surface area (Å²) in [7, 11) is 0. The van der Waals surface area contributed by atoms with Crippen molar-refractivity contribution in [2.45, 2.75) is 51.7 Å². The molecule has 0 aliphatic rings. The van der Waals surface area contributed by atoms with Crippen LogP contribution >= 0.6 is 11.6 Å². The van der Waals surface area contributed by atoms with Crippen LogP contribution in [0, 0.1) is 0 Å². The first-order valence-electron chi connectivity index (χ1n) is 8.15. The largest absolute Gasteiger partial charge is 0.477 e. The number of hydrogen-bond acceptors (Lipinski definition) is 5. The van der Waals surface area contributed by atoms with E-state index in [-0.39, 0.29) is 23.2 Å². The molecule has 1 unspecified atom stereocenters. The molecule has 1 aromatic carbocycles. The molecule has 2 aromatic rings. The van der Waals surface area contributed by atoms with Crippen molar-refractivity contribution >= 4 is 23.4 Å². The molecule has 0 bridgehead atoms. The van der Waals surface area contributed by atoms with Crippen molar-refractivity contribution in [3.63, 3.8) is 0 Å². The van der Waals surface area contributed by atoms with Gasteiger partial charge >= 0.3 is 5.97 Å². The first kappa shape index (κ1) is 19.3. The Labute approximate surface area is 151 Å². The van der Waals surface area contributed by atoms with Gasteiger partial charge in [0, 0.05) is 16.6 Å². The molecule has 0 radical (unpaired) electrons. The second-order valence-corrected chi connectivity index (χ2v) is 7.23. The first-order valence-corrected chi connectivity index (χ1v) is 8.53. The van der Waals surface area contributed by atoms with Crippen LogP contribution in [0.2, 0.25) is 5.02 Å². The van der Waals surface area contributed by atoms with Crippen LogP contribution in [0.1, 0.15) is 50.4 Å². The van der Waals surface area contributed by atoms with E-state index in [0.717, 1.165) is 12.8 Å². The molecule has 0 amide bonds. The Hall–Kier alpha value is -2.05. The number of carboxylic acids is 1. The predicted molar refractivity (Wildman–Crippen MR) is 97.1 cm³/mol. The van der Waals surface area contributed by atoms with Gasteiger partial charge in [0.25, 0.3) is 0 Å². The quantitative estimate of drug-likeness (QED) is 0.639. The van der Waals surface area contributed by atoms with Gasteiger partial charge in [-0.2, -0.15) is 0 Å². The van der Waals surface area contributed by atoms with Crippen LogP contribution in [0.3, 0.4) is 0 Å². The molecule has 0 saturated carbocycles. The number of benzene rings is 1. The third-order valence-corrected chi connectivity index (χ3v) is 4.07. The average Bonchev–Trinajstić information content (AvgIpc) is 2.90. The third kappa shape index (κ3) is 5.47. The lowest BCUT2D eigenvalue weighted by molar-refractivity contribution is 0.0677. The van der Waals surface area contributed by atoms with Crippen molar-refractivity contribution in [3.05, 3.63) is 34.9 Å². The van der Waals surface area contributed by atoms with Gasteiger partial charge in [0.05, 0.1) is 5.60 Å². The van der Waals surface area contributed by atoms with E-state index in [1.54, 1.807) is 38.1 Å². The molecule has 1 atom stereocenters. The molecule has 2 rings (SSSR count). The van der Waals surface area contributed by atoms with Crippen molar-refractivity contribution in [1.82, 2.24) is 5.16 Å². The fourth-order valence-electron chi connectivity index (χ4n) is 2.53. The molecular weight excluding hydrogens is 344 g/mol.